The second-order valence-corrected chi connectivity index (χ2v) is 5.60. The maximum absolute atomic E-state index is 12.2. The topological polar surface area (TPSA) is 106 Å². The van der Waals surface area contributed by atoms with Gasteiger partial charge in [0, 0.05) is 0 Å². The van der Waals surface area contributed by atoms with Crippen LogP contribution in [0.1, 0.15) is 53.5 Å². The van der Waals surface area contributed by atoms with Crippen LogP contribution in [0.3, 0.4) is 0 Å². The number of carbonyl (C=O) groups is 1. The van der Waals surface area contributed by atoms with Crippen LogP contribution in [0.15, 0.2) is 4.42 Å². The Labute approximate surface area is 125 Å². The molecule has 21 heavy (non-hydrogen) atoms. The van der Waals surface area contributed by atoms with Crippen LogP contribution in [0.2, 0.25) is 0 Å². The molecule has 0 spiro atoms. The summed E-state index contributed by atoms with van der Waals surface area (Å²) < 4.78 is 9.31. The van der Waals surface area contributed by atoms with Gasteiger partial charge in [-0.2, -0.15) is 0 Å². The van der Waals surface area contributed by atoms with Gasteiger partial charge in [-0.25, -0.2) is 0 Å². The number of nitrogens with one attached hydrogen (secondary N) is 2. The minimum absolute atomic E-state index is 0.0869. The van der Waals surface area contributed by atoms with E-state index in [1.54, 1.807) is 0 Å². The minimum atomic E-state index is -0.303. The second-order valence-electron chi connectivity index (χ2n) is 4.85. The summed E-state index contributed by atoms with van der Waals surface area (Å²) in [5.41, 5.74) is 0.706. The number of aromatic nitrogens is 4. The molecule has 1 amide bonds. The summed E-state index contributed by atoms with van der Waals surface area (Å²) >= 11 is 1.07. The highest BCUT2D eigenvalue weighted by Crippen LogP contribution is 2.23. The Bertz CT molecular complexity index is 619. The summed E-state index contributed by atoms with van der Waals surface area (Å²) in [4.78, 5) is 12.7. The van der Waals surface area contributed by atoms with Crippen molar-refractivity contribution in [2.24, 2.45) is 0 Å². The molecular weight excluding hydrogens is 292 g/mol. The van der Waals surface area contributed by atoms with E-state index in [0.717, 1.165) is 43.8 Å². The third-order valence-corrected chi connectivity index (χ3v) is 4.04. The van der Waals surface area contributed by atoms with Gasteiger partial charge in [-0.3, -0.25) is 10.1 Å². The molecule has 1 fully saturated rings. The fourth-order valence-electron chi connectivity index (χ4n) is 2.26. The number of nitrogens with zero attached hydrogens (tertiary/aromatic N) is 4. The van der Waals surface area contributed by atoms with Gasteiger partial charge in [-0.05, 0) is 37.3 Å². The number of carbonyl (C=O) groups excluding carboxylic acids is 1. The number of anilines is 1. The SMILES string of the molecule is CCCc1nnsc1C(=O)Nc1nnc(C2CCCN2)o1. The zero-order valence-electron chi connectivity index (χ0n) is 11.6. The Kier molecular flexibility index (Phi) is 4.20. The molecule has 1 aliphatic heterocycles. The number of hydrogen-bond donors (Lipinski definition) is 2. The molecule has 0 aromatic carbocycles. The molecule has 2 N–H and O–H groups in total. The van der Waals surface area contributed by atoms with E-state index in [2.05, 4.69) is 30.4 Å². The van der Waals surface area contributed by atoms with Crippen LogP contribution in [0.4, 0.5) is 6.01 Å². The molecule has 9 heteroatoms. The fraction of sp³-hybridized carbons (Fsp3) is 0.583. The van der Waals surface area contributed by atoms with Crippen LogP contribution in [-0.4, -0.2) is 32.2 Å². The highest BCUT2D eigenvalue weighted by Gasteiger charge is 2.23. The lowest BCUT2D eigenvalue weighted by Crippen LogP contribution is -2.13. The van der Waals surface area contributed by atoms with E-state index < -0.39 is 0 Å². The zero-order valence-corrected chi connectivity index (χ0v) is 12.4. The first-order valence-electron chi connectivity index (χ1n) is 6.97. The van der Waals surface area contributed by atoms with Crippen LogP contribution in [0.5, 0.6) is 0 Å². The van der Waals surface area contributed by atoms with Gasteiger partial charge in [0.25, 0.3) is 5.91 Å². The van der Waals surface area contributed by atoms with Crippen molar-refractivity contribution in [2.75, 3.05) is 11.9 Å². The van der Waals surface area contributed by atoms with Crippen LogP contribution < -0.4 is 10.6 Å². The van der Waals surface area contributed by atoms with Crippen LogP contribution >= 0.6 is 11.5 Å². The van der Waals surface area contributed by atoms with Crippen molar-refractivity contribution in [1.82, 2.24) is 25.1 Å². The van der Waals surface area contributed by atoms with Gasteiger partial charge in [0.2, 0.25) is 5.89 Å². The fourth-order valence-corrected chi connectivity index (χ4v) is 2.86. The third-order valence-electron chi connectivity index (χ3n) is 3.27. The molecule has 2 aromatic rings. The molecule has 2 aromatic heterocycles. The van der Waals surface area contributed by atoms with Crippen molar-refractivity contribution in [3.05, 3.63) is 16.5 Å². The Morgan fingerprint density at radius 1 is 1.48 bits per heavy atom. The van der Waals surface area contributed by atoms with Crippen molar-refractivity contribution < 1.29 is 9.21 Å². The summed E-state index contributed by atoms with van der Waals surface area (Å²) in [6.45, 7) is 2.97. The van der Waals surface area contributed by atoms with Gasteiger partial charge in [0.05, 0.1) is 11.7 Å². The predicted molar refractivity (Wildman–Crippen MR) is 76.1 cm³/mol. The van der Waals surface area contributed by atoms with Crippen molar-refractivity contribution in [1.29, 1.82) is 0 Å². The molecule has 8 nitrogen and oxygen atoms in total. The van der Waals surface area contributed by atoms with Crippen LogP contribution in [-0.2, 0) is 6.42 Å². The van der Waals surface area contributed by atoms with E-state index in [4.69, 9.17) is 4.42 Å². The van der Waals surface area contributed by atoms with Gasteiger partial charge in [-0.1, -0.05) is 22.9 Å². The molecule has 3 heterocycles. The molecule has 1 aliphatic rings. The normalized spacial score (nSPS) is 18.0. The molecule has 112 valence electrons. The number of rotatable bonds is 5. The van der Waals surface area contributed by atoms with Gasteiger partial charge in [-0.15, -0.1) is 10.2 Å². The summed E-state index contributed by atoms with van der Waals surface area (Å²) in [7, 11) is 0. The second kappa shape index (κ2) is 6.27. The Hall–Kier alpha value is -1.87. The first-order valence-corrected chi connectivity index (χ1v) is 7.74. The molecular formula is C12H16N6O2S. The lowest BCUT2D eigenvalue weighted by atomic mass is 10.2. The van der Waals surface area contributed by atoms with Crippen molar-refractivity contribution in [2.45, 2.75) is 38.6 Å². The maximum atomic E-state index is 12.2. The molecule has 1 atom stereocenters. The third kappa shape index (κ3) is 3.08. The lowest BCUT2D eigenvalue weighted by Gasteiger charge is -2.02. The van der Waals surface area contributed by atoms with Crippen molar-refractivity contribution in [3.8, 4) is 0 Å². The molecule has 3 rings (SSSR count). The van der Waals surface area contributed by atoms with Gasteiger partial charge in [0.1, 0.15) is 4.88 Å². The summed E-state index contributed by atoms with van der Waals surface area (Å²) in [6.07, 6.45) is 3.68. The predicted octanol–water partition coefficient (Wildman–Crippen LogP) is 1.55. The Balaban J connectivity index is 1.68. The summed E-state index contributed by atoms with van der Waals surface area (Å²) in [5, 5.41) is 17.7. The van der Waals surface area contributed by atoms with E-state index in [9.17, 15) is 4.79 Å². The van der Waals surface area contributed by atoms with Crippen LogP contribution in [0.25, 0.3) is 0 Å². The Morgan fingerprint density at radius 2 is 2.38 bits per heavy atom. The number of hydrogen-bond acceptors (Lipinski definition) is 8. The first kappa shape index (κ1) is 14.1. The molecule has 0 bridgehead atoms. The average molecular weight is 308 g/mol. The molecule has 1 saturated heterocycles. The number of amides is 1. The monoisotopic (exact) mass is 308 g/mol. The molecule has 1 unspecified atom stereocenters. The Morgan fingerprint density at radius 3 is 3.14 bits per heavy atom. The van der Waals surface area contributed by atoms with E-state index in [1.165, 1.54) is 0 Å². The van der Waals surface area contributed by atoms with E-state index in [0.29, 0.717) is 16.5 Å². The van der Waals surface area contributed by atoms with E-state index in [-0.39, 0.29) is 18.0 Å². The summed E-state index contributed by atoms with van der Waals surface area (Å²) in [6, 6.07) is 0.198. The van der Waals surface area contributed by atoms with Crippen molar-refractivity contribution >= 4 is 23.5 Å². The van der Waals surface area contributed by atoms with Gasteiger partial charge < -0.3 is 9.73 Å². The minimum Gasteiger partial charge on any atom is -0.406 e. The largest absolute Gasteiger partial charge is 0.406 e. The molecule has 0 aliphatic carbocycles. The maximum Gasteiger partial charge on any atom is 0.322 e. The van der Waals surface area contributed by atoms with E-state index >= 15 is 0 Å². The standard InChI is InChI=1S/C12H16N6O2S/c1-2-4-7-9(21-18-15-7)10(19)14-12-17-16-11(20-12)8-5-3-6-13-8/h8,13H,2-6H2,1H3,(H,14,17,19). The van der Waals surface area contributed by atoms with Gasteiger partial charge >= 0.3 is 6.01 Å². The quantitative estimate of drug-likeness (QED) is 0.863. The highest BCUT2D eigenvalue weighted by atomic mass is 32.1. The number of aryl methyl sites for hydroxylation is 1. The van der Waals surface area contributed by atoms with Crippen LogP contribution in [0, 0.1) is 0 Å². The smallest absolute Gasteiger partial charge is 0.322 e. The van der Waals surface area contributed by atoms with E-state index in [1.807, 2.05) is 6.92 Å². The lowest BCUT2D eigenvalue weighted by molar-refractivity contribution is 0.102. The first-order chi connectivity index (χ1) is 10.3. The molecule has 0 saturated carbocycles. The molecule has 0 radical (unpaired) electrons. The average Bonchev–Trinajstić information content (AvgIpc) is 3.20. The zero-order chi connectivity index (χ0) is 14.7. The summed E-state index contributed by atoms with van der Waals surface area (Å²) in [5.74, 6) is 0.210. The van der Waals surface area contributed by atoms with Gasteiger partial charge in [0.15, 0.2) is 0 Å². The van der Waals surface area contributed by atoms with Crippen molar-refractivity contribution in [3.63, 3.8) is 0 Å². The highest BCUT2D eigenvalue weighted by molar-refractivity contribution is 7.08.